The molecule has 0 saturated carbocycles. The van der Waals surface area contributed by atoms with Crippen LogP contribution in [0.4, 0.5) is 0 Å². The van der Waals surface area contributed by atoms with Crippen LogP contribution in [0.25, 0.3) is 0 Å². The first-order valence-electron chi connectivity index (χ1n) is 4.54. The van der Waals surface area contributed by atoms with Crippen LogP contribution in [0.1, 0.15) is 20.8 Å². The Labute approximate surface area is 96.3 Å². The van der Waals surface area contributed by atoms with Gasteiger partial charge in [-0.1, -0.05) is 0 Å². The molecule has 9 nitrogen and oxygen atoms in total. The Morgan fingerprint density at radius 2 is 1.65 bits per heavy atom. The highest BCUT2D eigenvalue weighted by Crippen LogP contribution is 2.17. The third kappa shape index (κ3) is 4.13. The van der Waals surface area contributed by atoms with Gasteiger partial charge in [0.05, 0.1) is 0 Å². The minimum absolute atomic E-state index is 0.846. The number of carbonyl (C=O) groups is 2. The molecule has 0 aliphatic carbocycles. The van der Waals surface area contributed by atoms with Gasteiger partial charge in [0.15, 0.2) is 5.54 Å². The SMILES string of the molecule is CC(C)(N=NC(C)(C[N+](=O)[O-])C(=O)O)C(=O)O. The summed E-state index contributed by atoms with van der Waals surface area (Å²) in [6.07, 6.45) is 0. The topological polar surface area (TPSA) is 142 Å². The number of aliphatic carboxylic acids is 2. The van der Waals surface area contributed by atoms with Gasteiger partial charge in [-0.05, 0) is 20.8 Å². The fourth-order valence-corrected chi connectivity index (χ4v) is 0.672. The summed E-state index contributed by atoms with van der Waals surface area (Å²) in [6, 6.07) is 0. The van der Waals surface area contributed by atoms with E-state index < -0.39 is 34.5 Å². The number of hydrogen-bond acceptors (Lipinski definition) is 6. The fourth-order valence-electron chi connectivity index (χ4n) is 0.672. The van der Waals surface area contributed by atoms with Crippen molar-refractivity contribution in [3.63, 3.8) is 0 Å². The van der Waals surface area contributed by atoms with Crippen molar-refractivity contribution in [1.29, 1.82) is 0 Å². The van der Waals surface area contributed by atoms with E-state index in [-0.39, 0.29) is 0 Å². The summed E-state index contributed by atoms with van der Waals surface area (Å²) in [4.78, 5) is 31.0. The predicted molar refractivity (Wildman–Crippen MR) is 54.5 cm³/mol. The Hall–Kier alpha value is -2.06. The number of azo groups is 1. The molecule has 1 atom stereocenters. The number of carboxylic acid groups (broad SMARTS) is 2. The van der Waals surface area contributed by atoms with Crippen molar-refractivity contribution in [1.82, 2.24) is 0 Å². The number of rotatable bonds is 6. The molecule has 0 aliphatic rings. The van der Waals surface area contributed by atoms with E-state index in [1.54, 1.807) is 0 Å². The number of carboxylic acids is 2. The Kier molecular flexibility index (Phi) is 4.26. The predicted octanol–water partition coefficient (Wildman–Crippen LogP) is 0.422. The maximum Gasteiger partial charge on any atom is 0.340 e. The third-order valence-corrected chi connectivity index (χ3v) is 1.94. The lowest BCUT2D eigenvalue weighted by Crippen LogP contribution is -2.41. The van der Waals surface area contributed by atoms with E-state index in [0.717, 1.165) is 6.92 Å². The second kappa shape index (κ2) is 4.85. The lowest BCUT2D eigenvalue weighted by Gasteiger charge is -2.17. The summed E-state index contributed by atoms with van der Waals surface area (Å²) in [5, 5.41) is 34.5. The van der Waals surface area contributed by atoms with Crippen molar-refractivity contribution in [2.24, 2.45) is 10.2 Å². The molecule has 96 valence electrons. The minimum atomic E-state index is -2.07. The zero-order valence-corrected chi connectivity index (χ0v) is 9.58. The van der Waals surface area contributed by atoms with Gasteiger partial charge >= 0.3 is 11.9 Å². The molecule has 1 unspecified atom stereocenters. The molecular weight excluding hydrogens is 234 g/mol. The van der Waals surface area contributed by atoms with E-state index >= 15 is 0 Å². The Morgan fingerprint density at radius 1 is 1.18 bits per heavy atom. The molecule has 2 N–H and O–H groups in total. The largest absolute Gasteiger partial charge is 0.479 e. The molecule has 0 heterocycles. The van der Waals surface area contributed by atoms with Crippen molar-refractivity contribution >= 4 is 11.9 Å². The lowest BCUT2D eigenvalue weighted by molar-refractivity contribution is -0.486. The normalized spacial score (nSPS) is 15.5. The summed E-state index contributed by atoms with van der Waals surface area (Å²) in [6.45, 7) is 2.43. The van der Waals surface area contributed by atoms with Crippen molar-refractivity contribution < 1.29 is 24.7 Å². The molecule has 0 aromatic heterocycles. The Bertz CT molecular complexity index is 377. The Morgan fingerprint density at radius 3 is 1.94 bits per heavy atom. The highest BCUT2D eigenvalue weighted by atomic mass is 16.6. The molecule has 0 amide bonds. The van der Waals surface area contributed by atoms with Gasteiger partial charge in [-0.25, -0.2) is 9.59 Å². The molecule has 0 fully saturated rings. The summed E-state index contributed by atoms with van der Waals surface area (Å²) >= 11 is 0. The third-order valence-electron chi connectivity index (χ3n) is 1.94. The number of hydrogen-bond donors (Lipinski definition) is 2. The molecule has 0 aromatic carbocycles. The van der Waals surface area contributed by atoms with Crippen molar-refractivity contribution in [3.8, 4) is 0 Å². The van der Waals surface area contributed by atoms with Gasteiger partial charge in [0, 0.05) is 4.92 Å². The van der Waals surface area contributed by atoms with Crippen molar-refractivity contribution in [2.75, 3.05) is 6.54 Å². The van der Waals surface area contributed by atoms with E-state index in [9.17, 15) is 19.7 Å². The molecule has 0 bridgehead atoms. The van der Waals surface area contributed by atoms with Crippen LogP contribution < -0.4 is 0 Å². The second-order valence-corrected chi connectivity index (χ2v) is 4.13. The van der Waals surface area contributed by atoms with Crippen LogP contribution in [0.5, 0.6) is 0 Å². The van der Waals surface area contributed by atoms with Gasteiger partial charge < -0.3 is 10.2 Å². The van der Waals surface area contributed by atoms with Gasteiger partial charge in [-0.15, -0.1) is 0 Å². The maximum absolute atomic E-state index is 10.8. The molecule has 0 aromatic rings. The van der Waals surface area contributed by atoms with Crippen LogP contribution >= 0.6 is 0 Å². The van der Waals surface area contributed by atoms with Gasteiger partial charge in [-0.3, -0.25) is 10.1 Å². The van der Waals surface area contributed by atoms with Crippen molar-refractivity contribution in [3.05, 3.63) is 10.1 Å². The molecule has 0 rings (SSSR count). The van der Waals surface area contributed by atoms with Gasteiger partial charge in [0.2, 0.25) is 12.1 Å². The zero-order valence-electron chi connectivity index (χ0n) is 9.58. The van der Waals surface area contributed by atoms with Gasteiger partial charge in [0.1, 0.15) is 0 Å². The number of nitro groups is 1. The summed E-state index contributed by atoms with van der Waals surface area (Å²) < 4.78 is 0. The molecule has 0 spiro atoms. The molecule has 0 radical (unpaired) electrons. The summed E-state index contributed by atoms with van der Waals surface area (Å²) in [5.74, 6) is -2.85. The Balaban J connectivity index is 5.14. The van der Waals surface area contributed by atoms with Gasteiger partial charge in [0.25, 0.3) is 0 Å². The first-order valence-corrected chi connectivity index (χ1v) is 4.54. The van der Waals surface area contributed by atoms with Crippen LogP contribution in [0.3, 0.4) is 0 Å². The summed E-state index contributed by atoms with van der Waals surface area (Å²) in [7, 11) is 0. The zero-order chi connectivity index (χ0) is 13.9. The van der Waals surface area contributed by atoms with Crippen LogP contribution in [0.2, 0.25) is 0 Å². The molecule has 9 heteroatoms. The molecule has 17 heavy (non-hydrogen) atoms. The van der Waals surface area contributed by atoms with E-state index in [1.165, 1.54) is 13.8 Å². The van der Waals surface area contributed by atoms with Crippen molar-refractivity contribution in [2.45, 2.75) is 31.8 Å². The molecule has 0 saturated heterocycles. The van der Waals surface area contributed by atoms with Crippen LogP contribution in [-0.2, 0) is 9.59 Å². The van der Waals surface area contributed by atoms with E-state index in [0.29, 0.717) is 0 Å². The van der Waals surface area contributed by atoms with E-state index in [4.69, 9.17) is 10.2 Å². The van der Waals surface area contributed by atoms with Crippen LogP contribution in [-0.4, -0.2) is 44.7 Å². The number of nitrogens with zero attached hydrogens (tertiary/aromatic N) is 3. The van der Waals surface area contributed by atoms with Crippen LogP contribution in [0.15, 0.2) is 10.2 Å². The average Bonchev–Trinajstić information content (AvgIpc) is 2.13. The molecular formula is C8H13N3O6. The monoisotopic (exact) mass is 247 g/mol. The highest BCUT2D eigenvalue weighted by molar-refractivity contribution is 5.79. The van der Waals surface area contributed by atoms with E-state index in [2.05, 4.69) is 10.2 Å². The smallest absolute Gasteiger partial charge is 0.340 e. The van der Waals surface area contributed by atoms with Gasteiger partial charge in [-0.2, -0.15) is 10.2 Å². The first-order chi connectivity index (χ1) is 7.51. The first kappa shape index (κ1) is 14.9. The second-order valence-electron chi connectivity index (χ2n) is 4.13. The van der Waals surface area contributed by atoms with E-state index in [1.807, 2.05) is 0 Å². The quantitative estimate of drug-likeness (QED) is 0.395. The highest BCUT2D eigenvalue weighted by Gasteiger charge is 2.40. The maximum atomic E-state index is 10.8. The summed E-state index contributed by atoms with van der Waals surface area (Å²) in [5.41, 5.74) is -3.70. The lowest BCUT2D eigenvalue weighted by atomic mass is 10.0. The average molecular weight is 247 g/mol. The standard InChI is InChI=1S/C8H13N3O6/c1-7(2,5(12)13)9-10-8(3,6(14)15)4-11(16)17/h4H2,1-3H3,(H,12,13)(H,14,15). The molecule has 0 aliphatic heterocycles. The van der Waals surface area contributed by atoms with Crippen LogP contribution in [0, 0.1) is 10.1 Å². The fraction of sp³-hybridized carbons (Fsp3) is 0.750. The minimum Gasteiger partial charge on any atom is -0.479 e.